The van der Waals surface area contributed by atoms with Crippen molar-refractivity contribution in [2.75, 3.05) is 36.1 Å². The van der Waals surface area contributed by atoms with Gasteiger partial charge in [-0.3, -0.25) is 9.59 Å². The molecule has 8 rings (SSSR count). The number of H-pyrrole nitrogens is 3. The number of amides is 1. The lowest BCUT2D eigenvalue weighted by atomic mass is 10.1. The van der Waals surface area contributed by atoms with Crippen LogP contribution in [0.15, 0.2) is 66.2 Å². The second-order valence-electron chi connectivity index (χ2n) is 18.7. The lowest BCUT2D eigenvalue weighted by molar-refractivity contribution is -0.156. The summed E-state index contributed by atoms with van der Waals surface area (Å²) in [5, 5.41) is 11.1. The Morgan fingerprint density at radius 2 is 1.35 bits per heavy atom. The van der Waals surface area contributed by atoms with Gasteiger partial charge in [-0.1, -0.05) is 6.92 Å². The van der Waals surface area contributed by atoms with Crippen molar-refractivity contribution in [1.29, 1.82) is 0 Å². The Hall–Kier alpha value is -6.35. The Kier molecular flexibility index (Phi) is 17.9. The monoisotopic (exact) mass is 963 g/mol. The number of carbonyl (C=O) groups excluding carboxylic acids is 2. The Balaban J connectivity index is 0.000000212. The molecule has 0 aromatic carbocycles. The molecule has 5 N–H and O–H groups in total. The van der Waals surface area contributed by atoms with Crippen molar-refractivity contribution < 1.29 is 37.7 Å². The van der Waals surface area contributed by atoms with Gasteiger partial charge in [0.2, 0.25) is 5.88 Å². The van der Waals surface area contributed by atoms with Gasteiger partial charge in [0, 0.05) is 36.3 Å². The minimum absolute atomic E-state index is 0. The zero-order chi connectivity index (χ0) is 48.5. The summed E-state index contributed by atoms with van der Waals surface area (Å²) in [5.41, 5.74) is 2.87. The van der Waals surface area contributed by atoms with Gasteiger partial charge in [-0.25, -0.2) is 38.5 Å². The number of nitrogens with zero attached hydrogens (tertiary/aromatic N) is 7. The quantitative estimate of drug-likeness (QED) is 0.0784. The summed E-state index contributed by atoms with van der Waals surface area (Å²) >= 11 is 0. The molecule has 2 unspecified atom stereocenters. The van der Waals surface area contributed by atoms with E-state index in [1.165, 1.54) is 12.1 Å². The van der Waals surface area contributed by atoms with Crippen molar-refractivity contribution in [3.05, 3.63) is 94.6 Å². The zero-order valence-corrected chi connectivity index (χ0v) is 40.7. The summed E-state index contributed by atoms with van der Waals surface area (Å²) in [7, 11) is 0. The molecule has 0 spiro atoms. The average Bonchev–Trinajstić information content (AvgIpc) is 4.10. The fourth-order valence-electron chi connectivity index (χ4n) is 7.70. The molecule has 368 valence electrons. The number of carbonyl (C=O) groups is 2. The highest BCUT2D eigenvalue weighted by atomic mass is 32.1. The van der Waals surface area contributed by atoms with E-state index in [9.17, 15) is 23.2 Å². The molecular formula is C47H63F2N11O7S. The smallest absolute Gasteiger partial charge is 0.407 e. The molecule has 4 atom stereocenters. The van der Waals surface area contributed by atoms with E-state index in [-0.39, 0.29) is 68.7 Å². The third-order valence-electron chi connectivity index (χ3n) is 10.6. The Labute approximate surface area is 400 Å². The molecule has 0 aliphatic carbocycles. The van der Waals surface area contributed by atoms with E-state index in [2.05, 4.69) is 50.1 Å². The fourth-order valence-corrected chi connectivity index (χ4v) is 7.70. The number of pyridine rings is 4. The van der Waals surface area contributed by atoms with Gasteiger partial charge < -0.3 is 49.4 Å². The van der Waals surface area contributed by atoms with Crippen LogP contribution in [0.3, 0.4) is 0 Å². The first-order chi connectivity index (χ1) is 31.8. The van der Waals surface area contributed by atoms with Crippen LogP contribution in [0.1, 0.15) is 111 Å². The number of alkyl carbamates (subject to hydrolysis) is 1. The minimum atomic E-state index is -0.526. The minimum Gasteiger partial charge on any atom is -0.477 e. The molecule has 2 saturated heterocycles. The van der Waals surface area contributed by atoms with Gasteiger partial charge in [-0.05, 0) is 111 Å². The second kappa shape index (κ2) is 23.1. The number of fused-ring (bicyclic) bond motifs is 2. The Bertz CT molecular complexity index is 2670. The van der Waals surface area contributed by atoms with E-state index in [1.54, 1.807) is 40.3 Å². The molecule has 6 aromatic rings. The van der Waals surface area contributed by atoms with E-state index in [0.29, 0.717) is 28.3 Å². The highest BCUT2D eigenvalue weighted by molar-refractivity contribution is 7.59. The van der Waals surface area contributed by atoms with Gasteiger partial charge >= 0.3 is 12.1 Å². The molecule has 18 nitrogen and oxygen atoms in total. The predicted molar refractivity (Wildman–Crippen MR) is 259 cm³/mol. The van der Waals surface area contributed by atoms with Gasteiger partial charge in [-0.2, -0.15) is 13.5 Å². The third kappa shape index (κ3) is 14.6. The van der Waals surface area contributed by atoms with Crippen LogP contribution >= 0.6 is 13.5 Å². The number of nitrogens with one attached hydrogen (secondary N) is 4. The van der Waals surface area contributed by atoms with Crippen LogP contribution in [-0.4, -0.2) is 101 Å². The number of aliphatic hydroxyl groups excluding tert-OH is 1. The molecular weight excluding hydrogens is 901 g/mol. The number of imidazole rings is 2. The standard InChI is InChI=1S/C24H30FN5O3.C15H14FN5O.C8H17NO3.H2S/c1-15(10-21(31)33-24(2,3)4)13-32-23-17(11-16(25)12-26-23)19-6-5-9-30(19)20-8-7-18-22(29-20)28-14-27-18;16-9-6-10(15(22)17-7-9)12-2-1-5-21(12)13-4-3-11-14(20-13)19-8-18-11;1-6(5-10)9-7(11)12-8(2,3)4;/h7-8,11-12,14-15,19H,5-6,9-10,13H2,1-4H3,(H,27,28,29);3-4,6-8,12H,1-2,5H2,(H,17,22)(H,18,19,20);6,10H,5H2,1-4H3,(H,9,11);1H2/t15-,19?;;6-;/m1.0./s1. The number of halogens is 2. The summed E-state index contributed by atoms with van der Waals surface area (Å²) in [4.78, 5) is 69.6. The van der Waals surface area contributed by atoms with Crippen molar-refractivity contribution in [3.8, 4) is 5.88 Å². The van der Waals surface area contributed by atoms with E-state index < -0.39 is 28.9 Å². The van der Waals surface area contributed by atoms with Gasteiger partial charge in [0.25, 0.3) is 5.56 Å². The van der Waals surface area contributed by atoms with E-state index >= 15 is 0 Å². The van der Waals surface area contributed by atoms with E-state index in [4.69, 9.17) is 19.3 Å². The molecule has 2 fully saturated rings. The van der Waals surface area contributed by atoms with Crippen LogP contribution in [0.5, 0.6) is 5.88 Å². The van der Waals surface area contributed by atoms with Crippen LogP contribution in [0, 0.1) is 17.6 Å². The molecule has 6 aromatic heterocycles. The molecule has 8 heterocycles. The Morgan fingerprint density at radius 1 is 0.809 bits per heavy atom. The summed E-state index contributed by atoms with van der Waals surface area (Å²) in [6, 6.07) is 9.94. The maximum atomic E-state index is 14.2. The van der Waals surface area contributed by atoms with Crippen LogP contribution < -0.4 is 25.4 Å². The number of aromatic amines is 3. The lowest BCUT2D eigenvalue weighted by Crippen LogP contribution is -2.39. The molecule has 2 aliphatic rings. The fraction of sp³-hybridized carbons (Fsp3) is 0.489. The summed E-state index contributed by atoms with van der Waals surface area (Å²) in [6.45, 7) is 16.3. The van der Waals surface area contributed by atoms with E-state index in [0.717, 1.165) is 73.8 Å². The zero-order valence-electron chi connectivity index (χ0n) is 39.7. The number of hydrogen-bond acceptors (Lipinski definition) is 14. The average molecular weight is 964 g/mol. The first kappa shape index (κ1) is 52.6. The normalized spacial score (nSPS) is 16.8. The number of aromatic nitrogens is 8. The van der Waals surface area contributed by atoms with Gasteiger partial charge in [0.15, 0.2) is 11.3 Å². The van der Waals surface area contributed by atoms with Crippen molar-refractivity contribution in [2.45, 2.75) is 117 Å². The van der Waals surface area contributed by atoms with Crippen molar-refractivity contribution in [1.82, 2.24) is 45.2 Å². The molecule has 1 amide bonds. The predicted octanol–water partition coefficient (Wildman–Crippen LogP) is 7.71. The maximum absolute atomic E-state index is 14.2. The first-order valence-corrected chi connectivity index (χ1v) is 22.4. The summed E-state index contributed by atoms with van der Waals surface area (Å²) < 4.78 is 44.0. The number of hydrogen-bond donors (Lipinski definition) is 5. The number of anilines is 2. The maximum Gasteiger partial charge on any atom is 0.407 e. The van der Waals surface area contributed by atoms with Crippen LogP contribution in [0.25, 0.3) is 22.3 Å². The van der Waals surface area contributed by atoms with Crippen molar-refractivity contribution >= 4 is 59.5 Å². The number of esters is 1. The largest absolute Gasteiger partial charge is 0.477 e. The van der Waals surface area contributed by atoms with Crippen LogP contribution in [0.4, 0.5) is 25.2 Å². The number of aliphatic hydroxyl groups is 1. The second-order valence-corrected chi connectivity index (χ2v) is 18.7. The topological polar surface area (TPSA) is 229 Å². The molecule has 2 aliphatic heterocycles. The summed E-state index contributed by atoms with van der Waals surface area (Å²) in [6.07, 6.45) is 8.69. The SMILES string of the molecule is C[C@@H](CO)NC(=O)OC(C)(C)C.C[C@@H](COc1ncc(F)cc1C1CCCN1c1ccc2[nH]cnc2n1)CC(=O)OC(C)(C)C.O=c1[nH]cc(F)cc1C1CCCN1c1ccc2[nH]cnc2n1.S. The van der Waals surface area contributed by atoms with Gasteiger partial charge in [-0.15, -0.1) is 0 Å². The van der Waals surface area contributed by atoms with Crippen LogP contribution in [0.2, 0.25) is 0 Å². The summed E-state index contributed by atoms with van der Waals surface area (Å²) in [5.74, 6) is 0.719. The van der Waals surface area contributed by atoms with E-state index in [1.807, 2.05) is 56.9 Å². The van der Waals surface area contributed by atoms with Gasteiger partial charge in [0.05, 0.1) is 67.6 Å². The molecule has 0 saturated carbocycles. The Morgan fingerprint density at radius 3 is 1.90 bits per heavy atom. The number of ether oxygens (including phenoxy) is 3. The highest BCUT2D eigenvalue weighted by Gasteiger charge is 2.32. The van der Waals surface area contributed by atoms with Gasteiger partial charge in [0.1, 0.15) is 34.5 Å². The third-order valence-corrected chi connectivity index (χ3v) is 10.6. The van der Waals surface area contributed by atoms with Crippen molar-refractivity contribution in [2.24, 2.45) is 5.92 Å². The molecule has 0 bridgehead atoms. The highest BCUT2D eigenvalue weighted by Crippen LogP contribution is 2.39. The van der Waals surface area contributed by atoms with Crippen molar-refractivity contribution in [3.63, 3.8) is 0 Å². The molecule has 0 radical (unpaired) electrons. The molecule has 68 heavy (non-hydrogen) atoms. The lowest BCUT2D eigenvalue weighted by Gasteiger charge is -2.27. The first-order valence-electron chi connectivity index (χ1n) is 22.4. The molecule has 21 heteroatoms. The van der Waals surface area contributed by atoms with Crippen LogP contribution in [-0.2, 0) is 14.3 Å². The number of rotatable bonds is 11.